The highest BCUT2D eigenvalue weighted by molar-refractivity contribution is 5.92. The lowest BCUT2D eigenvalue weighted by molar-refractivity contribution is -0.155. The number of amides is 1. The summed E-state index contributed by atoms with van der Waals surface area (Å²) >= 11 is 0. The van der Waals surface area contributed by atoms with Gasteiger partial charge in [0.05, 0.1) is 6.54 Å². The molecule has 0 spiro atoms. The lowest BCUT2D eigenvalue weighted by atomic mass is 10.1. The molecule has 1 atom stereocenters. The molecule has 1 unspecified atom stereocenters. The van der Waals surface area contributed by atoms with Crippen LogP contribution in [0.1, 0.15) is 23.2 Å². The molecular weight excluding hydrogens is 323 g/mol. The van der Waals surface area contributed by atoms with E-state index in [4.69, 9.17) is 14.4 Å². The number of hydrogen-bond acceptors (Lipinski definition) is 6. The van der Waals surface area contributed by atoms with E-state index in [1.807, 2.05) is 0 Å². The molecule has 0 aliphatic carbocycles. The second-order valence-electron chi connectivity index (χ2n) is 5.16. The minimum atomic E-state index is -2.10. The summed E-state index contributed by atoms with van der Waals surface area (Å²) in [6.45, 7) is 0.398. The number of benzene rings is 1. The molecule has 0 aliphatic heterocycles. The Morgan fingerprint density at radius 2 is 2.12 bits per heavy atom. The predicted molar refractivity (Wildman–Crippen MR) is 77.8 cm³/mol. The fraction of sp³-hybridized carbons (Fsp3) is 0.267. The fourth-order valence-corrected chi connectivity index (χ4v) is 1.62. The topological polar surface area (TPSA) is 122 Å². The van der Waals surface area contributed by atoms with Crippen LogP contribution in [0.2, 0.25) is 0 Å². The second kappa shape index (κ2) is 7.09. The molecule has 1 aromatic carbocycles. The van der Waals surface area contributed by atoms with Gasteiger partial charge in [0.1, 0.15) is 6.61 Å². The summed E-state index contributed by atoms with van der Waals surface area (Å²) in [4.78, 5) is 22.6. The van der Waals surface area contributed by atoms with Crippen molar-refractivity contribution in [3.63, 3.8) is 0 Å². The van der Waals surface area contributed by atoms with E-state index in [9.17, 15) is 19.1 Å². The first-order valence-corrected chi connectivity index (χ1v) is 6.86. The molecule has 9 heteroatoms. The average molecular weight is 338 g/mol. The van der Waals surface area contributed by atoms with Gasteiger partial charge < -0.3 is 24.8 Å². The molecule has 8 nitrogen and oxygen atoms in total. The summed E-state index contributed by atoms with van der Waals surface area (Å²) in [6, 6.07) is 7.07. The Morgan fingerprint density at radius 1 is 1.42 bits per heavy atom. The van der Waals surface area contributed by atoms with Crippen molar-refractivity contribution in [2.45, 2.75) is 19.1 Å². The van der Waals surface area contributed by atoms with Crippen molar-refractivity contribution in [2.24, 2.45) is 0 Å². The van der Waals surface area contributed by atoms with Gasteiger partial charge in [0.25, 0.3) is 5.91 Å². The first kappa shape index (κ1) is 17.4. The summed E-state index contributed by atoms with van der Waals surface area (Å²) in [5, 5.41) is 24.0. The zero-order chi connectivity index (χ0) is 17.7. The Hall–Kier alpha value is -2.94. The molecule has 0 fully saturated rings. The van der Waals surface area contributed by atoms with Crippen LogP contribution in [-0.2, 0) is 11.4 Å². The van der Waals surface area contributed by atoms with Gasteiger partial charge in [0.2, 0.25) is 0 Å². The number of halogens is 1. The monoisotopic (exact) mass is 338 g/mol. The second-order valence-corrected chi connectivity index (χ2v) is 5.16. The van der Waals surface area contributed by atoms with Crippen molar-refractivity contribution >= 4 is 11.9 Å². The molecule has 0 bridgehead atoms. The van der Waals surface area contributed by atoms with Crippen molar-refractivity contribution in [1.82, 2.24) is 10.5 Å². The van der Waals surface area contributed by atoms with Crippen LogP contribution >= 0.6 is 0 Å². The largest absolute Gasteiger partial charge is 0.482 e. The van der Waals surface area contributed by atoms with Crippen LogP contribution in [-0.4, -0.2) is 39.4 Å². The molecule has 3 N–H and O–H groups in total. The number of nitrogens with zero attached hydrogens (tertiary/aromatic N) is 1. The number of aliphatic carboxylic acids is 1. The van der Waals surface area contributed by atoms with E-state index < -0.39 is 29.8 Å². The number of para-hydroxylation sites is 1. The molecule has 128 valence electrons. The maximum Gasteiger partial charge on any atom is 0.337 e. The number of ether oxygens (including phenoxy) is 1. The standard InChI is InChI=1S/C15H15FN2O6/c1-15(22,14(20)21)8-17-13(19)11-6-9(24-18-11)7-23-12-5-3-2-4-10(12)16/h2-6,22H,7-8H2,1H3,(H,17,19)(H,20,21). The normalized spacial score (nSPS) is 13.1. The number of carbonyl (C=O) groups is 2. The molecule has 1 aromatic heterocycles. The van der Waals surface area contributed by atoms with Gasteiger partial charge >= 0.3 is 5.97 Å². The van der Waals surface area contributed by atoms with E-state index in [-0.39, 0.29) is 23.8 Å². The highest BCUT2D eigenvalue weighted by Gasteiger charge is 2.30. The van der Waals surface area contributed by atoms with Crippen molar-refractivity contribution in [1.29, 1.82) is 0 Å². The molecule has 0 saturated heterocycles. The molecule has 0 radical (unpaired) electrons. The van der Waals surface area contributed by atoms with Crippen molar-refractivity contribution < 1.29 is 33.5 Å². The van der Waals surface area contributed by atoms with Crippen molar-refractivity contribution in [3.05, 3.63) is 47.6 Å². The molecule has 1 heterocycles. The summed E-state index contributed by atoms with van der Waals surface area (Å²) in [6.07, 6.45) is 0. The van der Waals surface area contributed by atoms with E-state index in [0.717, 1.165) is 6.92 Å². The van der Waals surface area contributed by atoms with Gasteiger partial charge in [0, 0.05) is 6.07 Å². The SMILES string of the molecule is CC(O)(CNC(=O)c1cc(COc2ccccc2F)on1)C(=O)O. The number of nitrogens with one attached hydrogen (secondary N) is 1. The predicted octanol–water partition coefficient (Wildman–Crippen LogP) is 0.958. The maximum atomic E-state index is 13.4. The maximum absolute atomic E-state index is 13.4. The Labute approximate surface area is 135 Å². The highest BCUT2D eigenvalue weighted by atomic mass is 19.1. The number of hydrogen-bond donors (Lipinski definition) is 3. The number of carbonyl (C=O) groups excluding carboxylic acids is 1. The van der Waals surface area contributed by atoms with Gasteiger partial charge in [0.15, 0.2) is 28.6 Å². The minimum Gasteiger partial charge on any atom is -0.482 e. The van der Waals surface area contributed by atoms with Gasteiger partial charge in [-0.3, -0.25) is 4.79 Å². The molecule has 0 aliphatic rings. The smallest absolute Gasteiger partial charge is 0.337 e. The van der Waals surface area contributed by atoms with Gasteiger partial charge in [-0.1, -0.05) is 17.3 Å². The number of carboxylic acids is 1. The molecule has 2 rings (SSSR count). The van der Waals surface area contributed by atoms with Gasteiger partial charge in [-0.15, -0.1) is 0 Å². The molecule has 2 aromatic rings. The Kier molecular flexibility index (Phi) is 5.14. The lowest BCUT2D eigenvalue weighted by Crippen LogP contribution is -2.46. The Balaban J connectivity index is 1.92. The first-order valence-electron chi connectivity index (χ1n) is 6.86. The van der Waals surface area contributed by atoms with E-state index in [2.05, 4.69) is 10.5 Å². The van der Waals surface area contributed by atoms with Crippen LogP contribution in [0, 0.1) is 5.82 Å². The summed E-state index contributed by atoms with van der Waals surface area (Å²) < 4.78 is 23.5. The van der Waals surface area contributed by atoms with Gasteiger partial charge in [-0.25, -0.2) is 9.18 Å². The molecule has 0 saturated carbocycles. The average Bonchev–Trinajstić information content (AvgIpc) is 3.01. The zero-order valence-electron chi connectivity index (χ0n) is 12.7. The van der Waals surface area contributed by atoms with E-state index >= 15 is 0 Å². The Morgan fingerprint density at radius 3 is 2.79 bits per heavy atom. The quantitative estimate of drug-likeness (QED) is 0.687. The highest BCUT2D eigenvalue weighted by Crippen LogP contribution is 2.17. The van der Waals surface area contributed by atoms with Crippen LogP contribution in [0.3, 0.4) is 0 Å². The van der Waals surface area contributed by atoms with Crippen LogP contribution in [0.15, 0.2) is 34.9 Å². The van der Waals surface area contributed by atoms with E-state index in [1.54, 1.807) is 6.07 Å². The van der Waals surface area contributed by atoms with Crippen molar-refractivity contribution in [3.8, 4) is 5.75 Å². The minimum absolute atomic E-state index is 0.0254. The summed E-state index contributed by atoms with van der Waals surface area (Å²) in [5.41, 5.74) is -2.22. The third kappa shape index (κ3) is 4.29. The van der Waals surface area contributed by atoms with Crippen LogP contribution in [0.5, 0.6) is 5.75 Å². The number of aliphatic hydroxyl groups is 1. The van der Waals surface area contributed by atoms with E-state index in [0.29, 0.717) is 0 Å². The third-order valence-corrected chi connectivity index (χ3v) is 3.05. The molecular formula is C15H15FN2O6. The number of rotatable bonds is 7. The molecule has 1 amide bonds. The third-order valence-electron chi connectivity index (χ3n) is 3.05. The number of aromatic nitrogens is 1. The fourth-order valence-electron chi connectivity index (χ4n) is 1.62. The van der Waals surface area contributed by atoms with Gasteiger partial charge in [-0.05, 0) is 19.1 Å². The lowest BCUT2D eigenvalue weighted by Gasteiger charge is -2.17. The zero-order valence-corrected chi connectivity index (χ0v) is 12.7. The van der Waals surface area contributed by atoms with E-state index in [1.165, 1.54) is 24.3 Å². The van der Waals surface area contributed by atoms with Crippen LogP contribution in [0.25, 0.3) is 0 Å². The van der Waals surface area contributed by atoms with Crippen LogP contribution in [0.4, 0.5) is 4.39 Å². The van der Waals surface area contributed by atoms with Crippen LogP contribution < -0.4 is 10.1 Å². The van der Waals surface area contributed by atoms with Crippen molar-refractivity contribution in [2.75, 3.05) is 6.54 Å². The Bertz CT molecular complexity index is 743. The summed E-state index contributed by atoms with van der Waals surface area (Å²) in [7, 11) is 0. The molecule has 24 heavy (non-hydrogen) atoms. The summed E-state index contributed by atoms with van der Waals surface area (Å²) in [5.74, 6) is -2.53. The number of carboxylic acid groups (broad SMARTS) is 1. The van der Waals surface area contributed by atoms with Gasteiger partial charge in [-0.2, -0.15) is 0 Å². The first-order chi connectivity index (χ1) is 11.3.